The molecule has 0 aliphatic carbocycles. The number of nitrogens with zero attached hydrogens (tertiary/aromatic N) is 2. The van der Waals surface area contributed by atoms with E-state index in [1.165, 1.54) is 12.1 Å². The fourth-order valence-corrected chi connectivity index (χ4v) is 3.85. The van der Waals surface area contributed by atoms with Gasteiger partial charge in [0.1, 0.15) is 18.2 Å². The maximum Gasteiger partial charge on any atom is 0.229 e. The summed E-state index contributed by atoms with van der Waals surface area (Å²) in [6, 6.07) is 4.17. The molecule has 158 valence electrons. The van der Waals surface area contributed by atoms with Crippen LogP contribution in [-0.4, -0.2) is 48.1 Å². The summed E-state index contributed by atoms with van der Waals surface area (Å²) < 4.78 is 26.9. The first-order chi connectivity index (χ1) is 13.6. The van der Waals surface area contributed by atoms with Crippen LogP contribution in [0.15, 0.2) is 30.6 Å². The smallest absolute Gasteiger partial charge is 0.229 e. The number of carbonyl (C=O) groups excluding carboxylic acids is 1. The minimum atomic E-state index is -0.423. The van der Waals surface area contributed by atoms with Crippen LogP contribution < -0.4 is 15.4 Å². The third-order valence-corrected chi connectivity index (χ3v) is 5.35. The third kappa shape index (κ3) is 5.07. The number of carbonyl (C=O) groups is 1. The highest BCUT2D eigenvalue weighted by molar-refractivity contribution is 5.95. The number of hydrogen-bond donors (Lipinski definition) is 2. The van der Waals surface area contributed by atoms with Gasteiger partial charge in [-0.2, -0.15) is 5.10 Å². The van der Waals surface area contributed by atoms with Gasteiger partial charge in [0.2, 0.25) is 5.91 Å². The van der Waals surface area contributed by atoms with Gasteiger partial charge < -0.3 is 20.1 Å². The lowest BCUT2D eigenvalue weighted by Crippen LogP contribution is -2.28. The molecule has 29 heavy (non-hydrogen) atoms. The average Bonchev–Trinajstić information content (AvgIpc) is 3.42. The lowest BCUT2D eigenvalue weighted by atomic mass is 9.90. The SMILES string of the molecule is Cl.Cn1cc([C@H]2CNC[C@@H]2C(=O)Nc2cc(F)ccc2OCC2CCCO2)cn1. The topological polar surface area (TPSA) is 77.4 Å². The first kappa shape index (κ1) is 21.5. The lowest BCUT2D eigenvalue weighted by Gasteiger charge is -2.19. The number of ether oxygens (including phenoxy) is 2. The van der Waals surface area contributed by atoms with Gasteiger partial charge in [-0.25, -0.2) is 4.39 Å². The van der Waals surface area contributed by atoms with Gasteiger partial charge in [-0.15, -0.1) is 12.4 Å². The Morgan fingerprint density at radius 2 is 2.31 bits per heavy atom. The Morgan fingerprint density at radius 3 is 3.03 bits per heavy atom. The molecule has 2 aliphatic rings. The maximum atomic E-state index is 13.8. The van der Waals surface area contributed by atoms with Crippen LogP contribution in [-0.2, 0) is 16.6 Å². The molecular weight excluding hydrogens is 399 g/mol. The van der Waals surface area contributed by atoms with Gasteiger partial charge in [-0.1, -0.05) is 0 Å². The molecule has 4 rings (SSSR count). The van der Waals surface area contributed by atoms with Gasteiger partial charge in [0.15, 0.2) is 0 Å². The van der Waals surface area contributed by atoms with Crippen molar-refractivity contribution < 1.29 is 18.7 Å². The van der Waals surface area contributed by atoms with E-state index in [1.807, 2.05) is 13.2 Å². The van der Waals surface area contributed by atoms with Crippen LogP contribution in [0.2, 0.25) is 0 Å². The van der Waals surface area contributed by atoms with Gasteiger partial charge in [-0.05, 0) is 30.5 Å². The largest absolute Gasteiger partial charge is 0.489 e. The fraction of sp³-hybridized carbons (Fsp3) is 0.500. The van der Waals surface area contributed by atoms with Crippen LogP contribution in [0.5, 0.6) is 5.75 Å². The molecule has 3 atom stereocenters. The van der Waals surface area contributed by atoms with Gasteiger partial charge in [0.25, 0.3) is 0 Å². The molecule has 2 aliphatic heterocycles. The highest BCUT2D eigenvalue weighted by atomic mass is 35.5. The highest BCUT2D eigenvalue weighted by Crippen LogP contribution is 2.31. The Kier molecular flexibility index (Phi) is 7.10. The number of amides is 1. The summed E-state index contributed by atoms with van der Waals surface area (Å²) in [5.74, 6) is -0.370. The number of rotatable bonds is 6. The predicted molar refractivity (Wildman–Crippen MR) is 109 cm³/mol. The Bertz CT molecular complexity index is 841. The van der Waals surface area contributed by atoms with Crippen molar-refractivity contribution in [2.24, 2.45) is 13.0 Å². The Morgan fingerprint density at radius 1 is 1.45 bits per heavy atom. The van der Waals surface area contributed by atoms with Crippen molar-refractivity contribution in [2.45, 2.75) is 24.9 Å². The van der Waals surface area contributed by atoms with E-state index in [0.717, 1.165) is 25.0 Å². The van der Waals surface area contributed by atoms with Gasteiger partial charge >= 0.3 is 0 Å². The van der Waals surface area contributed by atoms with E-state index in [1.54, 1.807) is 16.9 Å². The van der Waals surface area contributed by atoms with Gasteiger partial charge in [-0.3, -0.25) is 9.48 Å². The molecule has 1 amide bonds. The molecule has 0 spiro atoms. The molecule has 1 unspecified atom stereocenters. The summed E-state index contributed by atoms with van der Waals surface area (Å²) in [5.41, 5.74) is 1.36. The molecule has 2 N–H and O–H groups in total. The number of aromatic nitrogens is 2. The number of aryl methyl sites for hydroxylation is 1. The molecule has 1 aromatic heterocycles. The van der Waals surface area contributed by atoms with Crippen molar-refractivity contribution in [2.75, 3.05) is 31.6 Å². The molecule has 9 heteroatoms. The molecule has 0 radical (unpaired) electrons. The number of halogens is 2. The van der Waals surface area contributed by atoms with Crippen LogP contribution in [0.4, 0.5) is 10.1 Å². The van der Waals surface area contributed by atoms with E-state index in [4.69, 9.17) is 9.47 Å². The normalized spacial score (nSPS) is 23.6. The van der Waals surface area contributed by atoms with E-state index in [2.05, 4.69) is 15.7 Å². The molecule has 0 saturated carbocycles. The Labute approximate surface area is 175 Å². The van der Waals surface area contributed by atoms with E-state index in [0.29, 0.717) is 31.1 Å². The van der Waals surface area contributed by atoms with Crippen LogP contribution in [0.25, 0.3) is 0 Å². The zero-order valence-electron chi connectivity index (χ0n) is 16.3. The molecule has 2 aromatic rings. The summed E-state index contributed by atoms with van der Waals surface area (Å²) in [6.07, 6.45) is 5.73. The number of anilines is 1. The maximum absolute atomic E-state index is 13.8. The van der Waals surface area contributed by atoms with E-state index >= 15 is 0 Å². The minimum Gasteiger partial charge on any atom is -0.489 e. The first-order valence-electron chi connectivity index (χ1n) is 9.64. The molecule has 1 aromatic carbocycles. The van der Waals surface area contributed by atoms with E-state index < -0.39 is 5.82 Å². The van der Waals surface area contributed by atoms with Crippen molar-refractivity contribution in [3.63, 3.8) is 0 Å². The minimum absolute atomic E-state index is 0. The Hall–Kier alpha value is -2.16. The monoisotopic (exact) mass is 424 g/mol. The van der Waals surface area contributed by atoms with Gasteiger partial charge in [0, 0.05) is 44.9 Å². The number of hydrogen-bond acceptors (Lipinski definition) is 5. The second kappa shape index (κ2) is 9.56. The van der Waals surface area contributed by atoms with Crippen molar-refractivity contribution in [1.29, 1.82) is 0 Å². The van der Waals surface area contributed by atoms with Gasteiger partial charge in [0.05, 0.1) is 23.9 Å². The van der Waals surface area contributed by atoms with Crippen molar-refractivity contribution >= 4 is 24.0 Å². The molecule has 3 heterocycles. The molecule has 0 bridgehead atoms. The second-order valence-electron chi connectivity index (χ2n) is 7.39. The first-order valence-corrected chi connectivity index (χ1v) is 9.64. The van der Waals surface area contributed by atoms with Crippen LogP contribution >= 0.6 is 12.4 Å². The standard InChI is InChI=1S/C20H25FN4O3.ClH/c1-25-11-13(8-23-25)16-9-22-10-17(16)20(26)24-18-7-14(21)4-5-19(18)28-12-15-3-2-6-27-15;/h4-5,7-8,11,15-17,22H,2-3,6,9-10,12H2,1H3,(H,24,26);1H/t15?,16-,17+;/m1./s1. The third-order valence-electron chi connectivity index (χ3n) is 5.35. The summed E-state index contributed by atoms with van der Waals surface area (Å²) in [7, 11) is 1.85. The second-order valence-corrected chi connectivity index (χ2v) is 7.39. The fourth-order valence-electron chi connectivity index (χ4n) is 3.85. The van der Waals surface area contributed by atoms with E-state index in [9.17, 15) is 9.18 Å². The lowest BCUT2D eigenvalue weighted by molar-refractivity contribution is -0.119. The summed E-state index contributed by atoms with van der Waals surface area (Å²) in [5, 5.41) is 10.3. The number of nitrogens with one attached hydrogen (secondary N) is 2. The number of benzene rings is 1. The van der Waals surface area contributed by atoms with Crippen LogP contribution in [0.1, 0.15) is 24.3 Å². The highest BCUT2D eigenvalue weighted by Gasteiger charge is 2.35. The zero-order chi connectivity index (χ0) is 19.5. The predicted octanol–water partition coefficient (Wildman–Crippen LogP) is 2.48. The summed E-state index contributed by atoms with van der Waals surface area (Å²) in [4.78, 5) is 12.9. The molecule has 2 fully saturated rings. The molecule has 7 nitrogen and oxygen atoms in total. The van der Waals surface area contributed by atoms with Crippen molar-refractivity contribution in [3.8, 4) is 5.75 Å². The quantitative estimate of drug-likeness (QED) is 0.745. The molecular formula is C20H26ClFN4O3. The zero-order valence-corrected chi connectivity index (χ0v) is 17.1. The van der Waals surface area contributed by atoms with E-state index in [-0.39, 0.29) is 36.3 Å². The Balaban J connectivity index is 0.00000240. The molecule has 2 saturated heterocycles. The van der Waals surface area contributed by atoms with Crippen LogP contribution in [0, 0.1) is 11.7 Å². The summed E-state index contributed by atoms with van der Waals surface area (Å²) >= 11 is 0. The van der Waals surface area contributed by atoms with Crippen molar-refractivity contribution in [3.05, 3.63) is 42.0 Å². The van der Waals surface area contributed by atoms with Crippen LogP contribution in [0.3, 0.4) is 0 Å². The average molecular weight is 425 g/mol. The summed E-state index contributed by atoms with van der Waals surface area (Å²) in [6.45, 7) is 2.39. The van der Waals surface area contributed by atoms with Crippen molar-refractivity contribution in [1.82, 2.24) is 15.1 Å².